The van der Waals surface area contributed by atoms with E-state index in [9.17, 15) is 4.79 Å². The minimum absolute atomic E-state index is 0.105. The second-order valence-electron chi connectivity index (χ2n) is 8.83. The second-order valence-corrected chi connectivity index (χ2v) is 13.1. The van der Waals surface area contributed by atoms with Gasteiger partial charge in [0.2, 0.25) is 0 Å². The number of aromatic nitrogens is 1. The summed E-state index contributed by atoms with van der Waals surface area (Å²) in [5.74, 6) is 6.32. The Morgan fingerprint density at radius 1 is 0.875 bits per heavy atom. The molecule has 160 valence electrons. The fraction of sp³-hybridized carbons (Fsp3) is 0.179. The molecule has 0 saturated carbocycles. The fourth-order valence-electron chi connectivity index (χ4n) is 4.42. The fourth-order valence-corrected chi connectivity index (χ4v) is 8.86. The van der Waals surface area contributed by atoms with Gasteiger partial charge in [-0.25, -0.2) is 0 Å². The van der Waals surface area contributed by atoms with Gasteiger partial charge >= 0.3 is 0 Å². The molecule has 1 heterocycles. The van der Waals surface area contributed by atoms with Gasteiger partial charge in [-0.05, 0) is 27.4 Å². The highest BCUT2D eigenvalue weighted by molar-refractivity contribution is 6.99. The number of rotatable bonds is 5. The Morgan fingerprint density at radius 2 is 1.44 bits per heavy atom. The van der Waals surface area contributed by atoms with Crippen LogP contribution in [0.2, 0.25) is 5.04 Å². The van der Waals surface area contributed by atoms with Crippen LogP contribution < -0.4 is 10.4 Å². The maximum Gasteiger partial charge on any atom is 0.262 e. The number of carbonyl (C=O) groups is 1. The first-order chi connectivity index (χ1) is 15.5. The van der Waals surface area contributed by atoms with E-state index in [1.165, 1.54) is 10.4 Å². The van der Waals surface area contributed by atoms with Crippen LogP contribution in [0.25, 0.3) is 10.9 Å². The summed E-state index contributed by atoms with van der Waals surface area (Å²) in [4.78, 5) is 14.9. The van der Waals surface area contributed by atoms with Crippen LogP contribution in [0.1, 0.15) is 36.8 Å². The molecule has 3 nitrogen and oxygen atoms in total. The van der Waals surface area contributed by atoms with Crippen molar-refractivity contribution in [2.24, 2.45) is 0 Å². The van der Waals surface area contributed by atoms with Crippen LogP contribution in [0.3, 0.4) is 0 Å². The van der Waals surface area contributed by atoms with Crippen LogP contribution in [-0.4, -0.2) is 26.2 Å². The van der Waals surface area contributed by atoms with Crippen molar-refractivity contribution in [2.45, 2.75) is 25.8 Å². The third kappa shape index (κ3) is 3.93. The topological polar surface area (TPSA) is 42.1 Å². The van der Waals surface area contributed by atoms with Crippen molar-refractivity contribution < 1.29 is 9.22 Å². The molecule has 0 spiro atoms. The first-order valence-electron chi connectivity index (χ1n) is 10.8. The first kappa shape index (κ1) is 21.8. The smallest absolute Gasteiger partial charge is 0.262 e. The molecule has 1 N–H and O–H groups in total. The van der Waals surface area contributed by atoms with E-state index in [2.05, 4.69) is 86.1 Å². The van der Waals surface area contributed by atoms with E-state index >= 15 is 0 Å². The molecular formula is C28H27NO2Si. The molecule has 0 aliphatic rings. The van der Waals surface area contributed by atoms with Gasteiger partial charge in [0.25, 0.3) is 8.32 Å². The molecule has 4 heteroatoms. The number of aromatic amines is 1. The number of nitrogens with one attached hydrogen (secondary N) is 1. The van der Waals surface area contributed by atoms with Gasteiger partial charge in [-0.3, -0.25) is 4.79 Å². The van der Waals surface area contributed by atoms with Crippen molar-refractivity contribution in [2.75, 3.05) is 6.61 Å². The van der Waals surface area contributed by atoms with Crippen molar-refractivity contribution in [1.29, 1.82) is 0 Å². The standard InChI is InChI=1S/C28H27NO2Si/c1-28(2,3)32(22-13-6-4-7-14-22,23-15-8-5-9-16-23)31-20-12-19-27-25(21-30)24-17-10-11-18-26(24)29-27/h4-11,13-18,21,29H,20H2,1-3H3. The zero-order chi connectivity index (χ0) is 22.6. The predicted octanol–water partition coefficient (Wildman–Crippen LogP) is 4.91. The molecule has 4 rings (SSSR count). The minimum atomic E-state index is -2.62. The van der Waals surface area contributed by atoms with Crippen LogP contribution in [-0.2, 0) is 4.43 Å². The zero-order valence-corrected chi connectivity index (χ0v) is 19.7. The summed E-state index contributed by atoms with van der Waals surface area (Å²) >= 11 is 0. The molecule has 0 radical (unpaired) electrons. The number of fused-ring (bicyclic) bond motifs is 1. The van der Waals surface area contributed by atoms with Crippen molar-refractivity contribution in [3.8, 4) is 11.8 Å². The number of carbonyl (C=O) groups excluding carboxylic acids is 1. The Kier molecular flexibility index (Phi) is 6.14. The SMILES string of the molecule is CC(C)(C)[Si](OCC#Cc1[nH]c2ccccc2c1C=O)(c1ccccc1)c1ccccc1. The molecule has 0 fully saturated rings. The summed E-state index contributed by atoms with van der Waals surface area (Å²) in [7, 11) is -2.62. The van der Waals surface area contributed by atoms with Gasteiger partial charge in [-0.15, -0.1) is 0 Å². The van der Waals surface area contributed by atoms with Gasteiger partial charge < -0.3 is 9.41 Å². The molecule has 0 unspecified atom stereocenters. The van der Waals surface area contributed by atoms with Crippen molar-refractivity contribution >= 4 is 35.9 Å². The van der Waals surface area contributed by atoms with Gasteiger partial charge in [0, 0.05) is 10.9 Å². The van der Waals surface area contributed by atoms with Crippen LogP contribution in [0.15, 0.2) is 84.9 Å². The third-order valence-electron chi connectivity index (χ3n) is 5.86. The molecule has 0 bridgehead atoms. The molecular weight excluding hydrogens is 410 g/mol. The summed E-state index contributed by atoms with van der Waals surface area (Å²) in [5.41, 5.74) is 2.14. The quantitative estimate of drug-likeness (QED) is 0.274. The predicted molar refractivity (Wildman–Crippen MR) is 134 cm³/mol. The summed E-state index contributed by atoms with van der Waals surface area (Å²) in [6.07, 6.45) is 0.867. The van der Waals surface area contributed by atoms with E-state index < -0.39 is 8.32 Å². The summed E-state index contributed by atoms with van der Waals surface area (Å²) < 4.78 is 6.80. The minimum Gasteiger partial charge on any atom is -0.396 e. The van der Waals surface area contributed by atoms with Crippen LogP contribution in [0.4, 0.5) is 0 Å². The van der Waals surface area contributed by atoms with Crippen molar-refractivity contribution in [1.82, 2.24) is 4.98 Å². The largest absolute Gasteiger partial charge is 0.396 e. The number of hydrogen-bond acceptors (Lipinski definition) is 2. The highest BCUT2D eigenvalue weighted by Crippen LogP contribution is 2.36. The second kappa shape index (κ2) is 9.00. The Bertz CT molecular complexity index is 1240. The Balaban J connectivity index is 1.72. The lowest BCUT2D eigenvalue weighted by molar-refractivity contribution is 0.112. The van der Waals surface area contributed by atoms with Gasteiger partial charge in [0.05, 0.1) is 12.2 Å². The van der Waals surface area contributed by atoms with Crippen LogP contribution in [0, 0.1) is 11.8 Å². The van der Waals surface area contributed by atoms with E-state index in [-0.39, 0.29) is 11.6 Å². The van der Waals surface area contributed by atoms with E-state index in [4.69, 9.17) is 4.43 Å². The zero-order valence-electron chi connectivity index (χ0n) is 18.7. The molecule has 32 heavy (non-hydrogen) atoms. The average molecular weight is 438 g/mol. The van der Waals surface area contributed by atoms with Crippen molar-refractivity contribution in [3.63, 3.8) is 0 Å². The summed E-state index contributed by atoms with van der Waals surface area (Å²) in [6, 6.07) is 28.8. The molecule has 0 atom stereocenters. The number of aldehydes is 1. The molecule has 0 aliphatic heterocycles. The highest BCUT2D eigenvalue weighted by atomic mass is 28.4. The third-order valence-corrected chi connectivity index (χ3v) is 10.8. The van der Waals surface area contributed by atoms with Gasteiger partial charge in [0.1, 0.15) is 5.69 Å². The summed E-state index contributed by atoms with van der Waals surface area (Å²) in [6.45, 7) is 7.01. The lowest BCUT2D eigenvalue weighted by Crippen LogP contribution is -2.66. The van der Waals surface area contributed by atoms with Gasteiger partial charge in [0.15, 0.2) is 6.29 Å². The first-order valence-corrected chi connectivity index (χ1v) is 12.7. The van der Waals surface area contributed by atoms with Crippen LogP contribution in [0.5, 0.6) is 0 Å². The monoisotopic (exact) mass is 437 g/mol. The maximum absolute atomic E-state index is 11.7. The molecule has 0 saturated heterocycles. The lowest BCUT2D eigenvalue weighted by Gasteiger charge is -2.42. The van der Waals surface area contributed by atoms with E-state index in [0.717, 1.165) is 17.2 Å². The number of benzene rings is 3. The highest BCUT2D eigenvalue weighted by Gasteiger charge is 2.49. The number of H-pyrrole nitrogens is 1. The average Bonchev–Trinajstić information content (AvgIpc) is 3.17. The molecule has 3 aromatic carbocycles. The normalized spacial score (nSPS) is 11.7. The van der Waals surface area contributed by atoms with E-state index in [1.807, 2.05) is 36.4 Å². The Labute approximate surface area is 190 Å². The molecule has 1 aromatic heterocycles. The molecule has 0 amide bonds. The summed E-state index contributed by atoms with van der Waals surface area (Å²) in [5, 5.41) is 3.23. The maximum atomic E-state index is 11.7. The molecule has 4 aromatic rings. The van der Waals surface area contributed by atoms with Gasteiger partial charge in [-0.1, -0.05) is 106 Å². The Hall–Kier alpha value is -3.39. The van der Waals surface area contributed by atoms with E-state index in [0.29, 0.717) is 11.3 Å². The Morgan fingerprint density at radius 3 is 2.00 bits per heavy atom. The van der Waals surface area contributed by atoms with Crippen LogP contribution >= 0.6 is 0 Å². The van der Waals surface area contributed by atoms with E-state index in [1.54, 1.807) is 0 Å². The van der Waals surface area contributed by atoms with Crippen molar-refractivity contribution in [3.05, 3.63) is 96.2 Å². The number of para-hydroxylation sites is 1. The lowest BCUT2D eigenvalue weighted by atomic mass is 10.1. The number of hydrogen-bond donors (Lipinski definition) is 1. The van der Waals surface area contributed by atoms with Gasteiger partial charge in [-0.2, -0.15) is 0 Å². The molecule has 0 aliphatic carbocycles.